The van der Waals surface area contributed by atoms with Crippen molar-refractivity contribution >= 4 is 6.09 Å². The number of alkyl halides is 2. The number of carbonyl (C=O) groups excluding carboxylic acids is 1. The van der Waals surface area contributed by atoms with E-state index in [2.05, 4.69) is 5.11 Å². The van der Waals surface area contributed by atoms with E-state index >= 15 is 0 Å². The van der Waals surface area contributed by atoms with Gasteiger partial charge in [-0.2, -0.15) is 5.11 Å². The minimum absolute atomic E-state index is 0.0181. The second-order valence-corrected chi connectivity index (χ2v) is 5.10. The second kappa shape index (κ2) is 4.54. The van der Waals surface area contributed by atoms with E-state index in [1.807, 2.05) is 0 Å². The van der Waals surface area contributed by atoms with Crippen LogP contribution in [0.3, 0.4) is 0 Å². The van der Waals surface area contributed by atoms with Crippen molar-refractivity contribution in [2.24, 2.45) is 5.11 Å². The zero-order chi connectivity index (χ0) is 13.3. The Hall–Kier alpha value is -1.27. The highest BCUT2D eigenvalue weighted by Crippen LogP contribution is 2.30. The van der Waals surface area contributed by atoms with Crippen molar-refractivity contribution in [2.45, 2.75) is 44.8 Å². The summed E-state index contributed by atoms with van der Waals surface area (Å²) in [7, 11) is 0. The maximum Gasteiger partial charge on any atom is 0.410 e. The molecule has 0 saturated carbocycles. The summed E-state index contributed by atoms with van der Waals surface area (Å²) in [6.07, 6.45) is -0.768. The number of likely N-dealkylation sites (tertiary alicyclic amines) is 1. The van der Waals surface area contributed by atoms with Crippen molar-refractivity contribution in [1.82, 2.24) is 4.90 Å². The topological polar surface area (TPSA) is 65.8 Å². The molecule has 5 nitrogen and oxygen atoms in total. The predicted molar refractivity (Wildman–Crippen MR) is 56.3 cm³/mol. The lowest BCUT2D eigenvalue weighted by Crippen LogP contribution is -2.53. The van der Waals surface area contributed by atoms with Gasteiger partial charge in [-0.1, -0.05) is 0 Å². The zero-order valence-electron chi connectivity index (χ0n) is 10.2. The Balaban J connectivity index is 2.65. The van der Waals surface area contributed by atoms with Crippen LogP contribution in [-0.2, 0) is 4.74 Å². The monoisotopic (exact) mass is 249 g/mol. The average molecular weight is 249 g/mol. The molecule has 0 aliphatic carbocycles. The summed E-state index contributed by atoms with van der Waals surface area (Å²) < 4.78 is 31.9. The molecular weight excluding hydrogens is 232 g/mol. The number of hydrogen-bond acceptors (Lipinski definition) is 4. The molecule has 0 bridgehead atoms. The number of halogens is 2. The Kier molecular flexibility index (Phi) is 3.68. The summed E-state index contributed by atoms with van der Waals surface area (Å²) in [6.45, 7) is 4.42. The predicted octanol–water partition coefficient (Wildman–Crippen LogP) is 2.66. The molecule has 98 valence electrons. The first kappa shape index (κ1) is 13.8. The molecule has 1 heterocycles. The Labute approximate surface area is 98.6 Å². The summed E-state index contributed by atoms with van der Waals surface area (Å²) in [6, 6.07) is -1.33. The number of amides is 1. The molecule has 1 saturated heterocycles. The summed E-state index contributed by atoms with van der Waals surface area (Å²) in [5.41, 5.74) is 5.98. The molecule has 17 heavy (non-hydrogen) atoms. The Morgan fingerprint density at radius 2 is 2.12 bits per heavy atom. The van der Waals surface area contributed by atoms with Crippen LogP contribution in [0.5, 0.6) is 0 Å². The van der Waals surface area contributed by atoms with Crippen LogP contribution in [0.15, 0.2) is 5.11 Å². The van der Waals surface area contributed by atoms with Gasteiger partial charge in [0.05, 0.1) is 6.54 Å². The van der Waals surface area contributed by atoms with Gasteiger partial charge in [0.15, 0.2) is 0 Å². The normalized spacial score (nSPS) is 24.3. The standard InChI is InChI=1S/C10H17F2N3O2/c1-9(2,3)17-8(16)15-5-4-7(14-13)10(11,12)6-15/h7,13H,4-6H2,1-3H3/t7-/m1/s1. The first-order valence-electron chi connectivity index (χ1n) is 5.38. The summed E-state index contributed by atoms with van der Waals surface area (Å²) in [5.74, 6) is -3.16. The van der Waals surface area contributed by atoms with E-state index < -0.39 is 30.2 Å². The number of piperidine rings is 1. The number of nitrogens with zero attached hydrogens (tertiary/aromatic N) is 2. The van der Waals surface area contributed by atoms with Crippen LogP contribution >= 0.6 is 0 Å². The van der Waals surface area contributed by atoms with Gasteiger partial charge in [-0.3, -0.25) is 0 Å². The van der Waals surface area contributed by atoms with Crippen LogP contribution in [0, 0.1) is 5.53 Å². The third kappa shape index (κ3) is 3.61. The number of carbonyl (C=O) groups is 1. The molecule has 1 amide bonds. The van der Waals surface area contributed by atoms with Crippen molar-refractivity contribution in [1.29, 1.82) is 5.53 Å². The minimum atomic E-state index is -3.16. The smallest absolute Gasteiger partial charge is 0.410 e. The van der Waals surface area contributed by atoms with Crippen LogP contribution < -0.4 is 0 Å². The summed E-state index contributed by atoms with van der Waals surface area (Å²) in [5, 5.41) is 2.89. The molecule has 1 rings (SSSR count). The minimum Gasteiger partial charge on any atom is -0.444 e. The van der Waals surface area contributed by atoms with Crippen molar-refractivity contribution in [3.63, 3.8) is 0 Å². The lowest BCUT2D eigenvalue weighted by atomic mass is 10.0. The fraction of sp³-hybridized carbons (Fsp3) is 0.900. The molecule has 1 aliphatic heterocycles. The third-order valence-corrected chi connectivity index (χ3v) is 2.37. The number of rotatable bonds is 1. The molecule has 7 heteroatoms. The molecule has 0 radical (unpaired) electrons. The highest BCUT2D eigenvalue weighted by Gasteiger charge is 2.47. The van der Waals surface area contributed by atoms with E-state index in [1.165, 1.54) is 0 Å². The van der Waals surface area contributed by atoms with E-state index in [-0.39, 0.29) is 13.0 Å². The SMILES string of the molecule is CC(C)(C)OC(=O)N1CC[C@@H](N=N)C(F)(F)C1. The van der Waals surface area contributed by atoms with Crippen LogP contribution in [0.2, 0.25) is 0 Å². The van der Waals surface area contributed by atoms with Crippen molar-refractivity contribution in [3.05, 3.63) is 0 Å². The lowest BCUT2D eigenvalue weighted by Gasteiger charge is -2.36. The number of nitrogens with one attached hydrogen (secondary N) is 1. The molecule has 0 aromatic heterocycles. The van der Waals surface area contributed by atoms with Crippen LogP contribution in [-0.4, -0.2) is 41.6 Å². The molecule has 0 spiro atoms. The quantitative estimate of drug-likeness (QED) is 0.726. The van der Waals surface area contributed by atoms with E-state index in [1.54, 1.807) is 20.8 Å². The van der Waals surface area contributed by atoms with Crippen molar-refractivity contribution < 1.29 is 18.3 Å². The Bertz CT molecular complexity index is 315. The average Bonchev–Trinajstić information content (AvgIpc) is 2.13. The van der Waals surface area contributed by atoms with Crippen LogP contribution in [0.25, 0.3) is 0 Å². The Morgan fingerprint density at radius 1 is 1.53 bits per heavy atom. The molecule has 0 aromatic carbocycles. The fourth-order valence-electron chi connectivity index (χ4n) is 1.57. The fourth-order valence-corrected chi connectivity index (χ4v) is 1.57. The van der Waals surface area contributed by atoms with E-state index in [4.69, 9.17) is 10.3 Å². The van der Waals surface area contributed by atoms with Gasteiger partial charge in [0, 0.05) is 6.54 Å². The number of ether oxygens (including phenoxy) is 1. The van der Waals surface area contributed by atoms with E-state index in [0.717, 1.165) is 4.90 Å². The number of hydrogen-bond donors (Lipinski definition) is 1. The van der Waals surface area contributed by atoms with Gasteiger partial charge in [0.1, 0.15) is 11.6 Å². The highest BCUT2D eigenvalue weighted by molar-refractivity contribution is 5.68. The van der Waals surface area contributed by atoms with Crippen molar-refractivity contribution in [3.8, 4) is 0 Å². The zero-order valence-corrected chi connectivity index (χ0v) is 10.2. The van der Waals surface area contributed by atoms with Gasteiger partial charge in [-0.15, -0.1) is 0 Å². The third-order valence-electron chi connectivity index (χ3n) is 2.37. The molecule has 1 N–H and O–H groups in total. The van der Waals surface area contributed by atoms with Crippen molar-refractivity contribution in [2.75, 3.05) is 13.1 Å². The van der Waals surface area contributed by atoms with Crippen LogP contribution in [0.4, 0.5) is 13.6 Å². The molecule has 1 fully saturated rings. The first-order chi connectivity index (χ1) is 7.65. The lowest BCUT2D eigenvalue weighted by molar-refractivity contribution is -0.0835. The maximum absolute atomic E-state index is 13.4. The van der Waals surface area contributed by atoms with E-state index in [9.17, 15) is 13.6 Å². The van der Waals surface area contributed by atoms with Gasteiger partial charge in [0.2, 0.25) is 0 Å². The molecule has 0 unspecified atom stereocenters. The molecule has 1 aliphatic rings. The second-order valence-electron chi connectivity index (χ2n) is 5.10. The van der Waals surface area contributed by atoms with E-state index in [0.29, 0.717) is 0 Å². The molecular formula is C10H17F2N3O2. The largest absolute Gasteiger partial charge is 0.444 e. The van der Waals surface area contributed by atoms with Gasteiger partial charge < -0.3 is 9.64 Å². The van der Waals surface area contributed by atoms with Gasteiger partial charge in [-0.05, 0) is 27.2 Å². The van der Waals surface area contributed by atoms with Gasteiger partial charge >= 0.3 is 6.09 Å². The highest BCUT2D eigenvalue weighted by atomic mass is 19.3. The summed E-state index contributed by atoms with van der Waals surface area (Å²) >= 11 is 0. The van der Waals surface area contributed by atoms with Crippen LogP contribution in [0.1, 0.15) is 27.2 Å². The van der Waals surface area contributed by atoms with Gasteiger partial charge in [0.25, 0.3) is 5.92 Å². The Morgan fingerprint density at radius 3 is 2.53 bits per heavy atom. The maximum atomic E-state index is 13.4. The summed E-state index contributed by atoms with van der Waals surface area (Å²) in [4.78, 5) is 12.6. The first-order valence-corrected chi connectivity index (χ1v) is 5.38. The molecule has 0 aromatic rings. The molecule has 1 atom stereocenters. The van der Waals surface area contributed by atoms with Gasteiger partial charge in [-0.25, -0.2) is 19.1 Å².